The Morgan fingerprint density at radius 1 is 0.657 bits per heavy atom. The first kappa shape index (κ1) is 61.4. The summed E-state index contributed by atoms with van der Waals surface area (Å²) in [5, 5.41) is 31.0. The summed E-state index contributed by atoms with van der Waals surface area (Å²) in [5.74, 6) is -9.62. The highest BCUT2D eigenvalue weighted by atomic mass is 16.3. The summed E-state index contributed by atoms with van der Waals surface area (Å²) in [6.07, 6.45) is -0.0336. The lowest BCUT2D eigenvalue weighted by Gasteiger charge is -2.32. The predicted octanol–water partition coefficient (Wildman–Crippen LogP) is -4.40. The van der Waals surface area contributed by atoms with E-state index in [0.29, 0.717) is 25.7 Å². The van der Waals surface area contributed by atoms with Gasteiger partial charge < -0.3 is 75.5 Å². The van der Waals surface area contributed by atoms with Gasteiger partial charge in [0.2, 0.25) is 65.0 Å². The molecule has 1 fully saturated rings. The number of carbonyl (C=O) groups is 11. The molecular weight excluding hydrogens is 917 g/mol. The first-order valence-electron chi connectivity index (χ1n) is 23.8. The highest BCUT2D eigenvalue weighted by Crippen LogP contribution is 2.21. The summed E-state index contributed by atoms with van der Waals surface area (Å²) in [6.45, 7) is 12.2. The van der Waals surface area contributed by atoms with Gasteiger partial charge in [-0.1, -0.05) is 53.9 Å². The third kappa shape index (κ3) is 21.0. The minimum absolute atomic E-state index is 0.0277. The number of nitrogens with two attached hydrogens (primary N) is 4. The molecule has 0 aromatic carbocycles. The summed E-state index contributed by atoms with van der Waals surface area (Å²) in [4.78, 5) is 149. The lowest BCUT2D eigenvalue weighted by atomic mass is 9.96. The van der Waals surface area contributed by atoms with Gasteiger partial charge in [0.25, 0.3) is 0 Å². The first-order valence-corrected chi connectivity index (χ1v) is 23.8. The standard InChI is InChI=1S/C44H78N14O12/c1-9-14-27(53-42(69)35(25(7)59)57-41(68)34(23(5)11-3)56-38(65)28(17-18-31(45)61)52-32(62)21-50-26(8)60)37(64)55-33(22(4)10-2)40(67)54-29(15-12-19-49-44(47)48)43(70)58-20-13-16-30(58)39(66)51-24(6)36(46)63/h22-25,27-30,33-35,59H,9-21H2,1-8H3,(H2,45,61)(H2,46,63)(H,50,60)(H,51,66)(H,52,62)(H,53,69)(H,54,67)(H,55,64)(H,56,65)(H,57,68)(H4,47,48,49)/t22-,23-,24+,25+,27-,28-,29-,30-,33-,34+,35-/m0/s1. The number of hydrogen-bond donors (Lipinski definition) is 13. The maximum absolute atomic E-state index is 14.2. The molecule has 0 radical (unpaired) electrons. The van der Waals surface area contributed by atoms with Crippen LogP contribution < -0.4 is 65.5 Å². The molecule has 1 aliphatic rings. The van der Waals surface area contributed by atoms with Crippen LogP contribution in [-0.4, -0.2) is 155 Å². The van der Waals surface area contributed by atoms with E-state index in [1.54, 1.807) is 34.6 Å². The number of hydrogen-bond acceptors (Lipinski definition) is 13. The molecule has 0 bridgehead atoms. The van der Waals surface area contributed by atoms with E-state index in [1.165, 1.54) is 25.7 Å². The number of likely N-dealkylation sites (tertiary alicyclic amines) is 1. The Balaban J connectivity index is 3.40. The molecular formula is C44H78N14O12. The van der Waals surface area contributed by atoms with Crippen molar-refractivity contribution < 1.29 is 57.8 Å². The van der Waals surface area contributed by atoms with Crippen LogP contribution in [0.1, 0.15) is 120 Å². The van der Waals surface area contributed by atoms with Gasteiger partial charge in [-0.15, -0.1) is 0 Å². The summed E-state index contributed by atoms with van der Waals surface area (Å²) < 4.78 is 0. The highest BCUT2D eigenvalue weighted by molar-refractivity contribution is 5.98. The number of amides is 11. The zero-order valence-electron chi connectivity index (χ0n) is 41.7. The summed E-state index contributed by atoms with van der Waals surface area (Å²) >= 11 is 0. The van der Waals surface area contributed by atoms with Crippen LogP contribution in [0.4, 0.5) is 0 Å². The molecule has 11 amide bonds. The smallest absolute Gasteiger partial charge is 0.245 e. The van der Waals surface area contributed by atoms with Crippen molar-refractivity contribution in [1.82, 2.24) is 47.4 Å². The molecule has 70 heavy (non-hydrogen) atoms. The number of primary amides is 2. The van der Waals surface area contributed by atoms with E-state index >= 15 is 0 Å². The largest absolute Gasteiger partial charge is 0.391 e. The molecule has 0 aromatic rings. The van der Waals surface area contributed by atoms with Gasteiger partial charge in [0.05, 0.1) is 12.6 Å². The van der Waals surface area contributed by atoms with Crippen LogP contribution in [0.2, 0.25) is 0 Å². The van der Waals surface area contributed by atoms with Crippen molar-refractivity contribution in [3.8, 4) is 0 Å². The van der Waals surface area contributed by atoms with Crippen LogP contribution in [0.15, 0.2) is 4.99 Å². The van der Waals surface area contributed by atoms with Crippen molar-refractivity contribution in [2.45, 2.75) is 174 Å². The van der Waals surface area contributed by atoms with Crippen LogP contribution in [0.5, 0.6) is 0 Å². The summed E-state index contributed by atoms with van der Waals surface area (Å²) in [6, 6.07) is -10.1. The quantitative estimate of drug-likeness (QED) is 0.0177. The van der Waals surface area contributed by atoms with Crippen LogP contribution >= 0.6 is 0 Å². The van der Waals surface area contributed by atoms with Gasteiger partial charge in [0.15, 0.2) is 5.96 Å². The number of rotatable bonds is 31. The lowest BCUT2D eigenvalue weighted by molar-refractivity contribution is -0.142. The molecule has 26 heteroatoms. The number of nitrogens with one attached hydrogen (secondary N) is 8. The Labute approximate surface area is 408 Å². The third-order valence-electron chi connectivity index (χ3n) is 11.9. The minimum atomic E-state index is -1.68. The fourth-order valence-corrected chi connectivity index (χ4v) is 7.29. The van der Waals surface area contributed by atoms with E-state index < -0.39 is 138 Å². The fourth-order valence-electron chi connectivity index (χ4n) is 7.29. The topological polar surface area (TPSA) is 424 Å². The van der Waals surface area contributed by atoms with Crippen molar-refractivity contribution in [3.05, 3.63) is 0 Å². The maximum atomic E-state index is 14.2. The molecule has 0 aromatic heterocycles. The van der Waals surface area contributed by atoms with E-state index in [1.807, 2.05) is 0 Å². The monoisotopic (exact) mass is 995 g/mol. The second-order valence-corrected chi connectivity index (χ2v) is 17.7. The van der Waals surface area contributed by atoms with Crippen molar-refractivity contribution in [2.24, 2.45) is 39.8 Å². The van der Waals surface area contributed by atoms with Gasteiger partial charge in [-0.3, -0.25) is 57.7 Å². The van der Waals surface area contributed by atoms with Crippen molar-refractivity contribution in [2.75, 3.05) is 19.6 Å². The van der Waals surface area contributed by atoms with E-state index in [4.69, 9.17) is 22.9 Å². The van der Waals surface area contributed by atoms with Crippen LogP contribution in [-0.2, 0) is 52.7 Å². The molecule has 0 saturated carbocycles. The normalized spacial score (nSPS) is 17.4. The Morgan fingerprint density at radius 3 is 1.66 bits per heavy atom. The molecule has 1 saturated heterocycles. The number of aliphatic imine (C=N–C) groups is 1. The van der Waals surface area contributed by atoms with Crippen LogP contribution in [0.3, 0.4) is 0 Å². The molecule has 17 N–H and O–H groups in total. The average molecular weight is 995 g/mol. The van der Waals surface area contributed by atoms with Gasteiger partial charge in [0, 0.05) is 26.4 Å². The molecule has 1 aliphatic heterocycles. The second kappa shape index (κ2) is 30.8. The molecule has 396 valence electrons. The maximum Gasteiger partial charge on any atom is 0.245 e. The Morgan fingerprint density at radius 2 is 1.17 bits per heavy atom. The molecule has 0 aliphatic carbocycles. The van der Waals surface area contributed by atoms with Crippen molar-refractivity contribution >= 4 is 70.9 Å². The van der Waals surface area contributed by atoms with Gasteiger partial charge in [-0.05, 0) is 64.2 Å². The minimum Gasteiger partial charge on any atom is -0.391 e. The van der Waals surface area contributed by atoms with Crippen LogP contribution in [0, 0.1) is 11.8 Å². The van der Waals surface area contributed by atoms with Gasteiger partial charge in [-0.2, -0.15) is 0 Å². The van der Waals surface area contributed by atoms with Crippen molar-refractivity contribution in [1.29, 1.82) is 0 Å². The fraction of sp³-hybridized carbons (Fsp3) is 0.727. The second-order valence-electron chi connectivity index (χ2n) is 17.7. The van der Waals surface area contributed by atoms with Gasteiger partial charge in [0.1, 0.15) is 48.3 Å². The van der Waals surface area contributed by atoms with E-state index in [0.717, 1.165) is 0 Å². The number of aliphatic hydroxyl groups is 1. The van der Waals surface area contributed by atoms with E-state index in [-0.39, 0.29) is 57.6 Å². The number of aliphatic hydroxyl groups excluding tert-OH is 1. The number of carbonyl (C=O) groups excluding carboxylic acids is 11. The Hall–Kier alpha value is -6.60. The average Bonchev–Trinajstić information content (AvgIpc) is 3.79. The summed E-state index contributed by atoms with van der Waals surface area (Å²) in [7, 11) is 0. The van der Waals surface area contributed by atoms with E-state index in [9.17, 15) is 57.8 Å². The zero-order chi connectivity index (χ0) is 53.4. The molecule has 0 spiro atoms. The van der Waals surface area contributed by atoms with E-state index in [2.05, 4.69) is 47.5 Å². The Bertz CT molecular complexity index is 1880. The third-order valence-corrected chi connectivity index (χ3v) is 11.9. The van der Waals surface area contributed by atoms with Crippen LogP contribution in [0.25, 0.3) is 0 Å². The Kier molecular flexibility index (Phi) is 27.0. The molecule has 26 nitrogen and oxygen atoms in total. The molecule has 1 heterocycles. The van der Waals surface area contributed by atoms with Crippen molar-refractivity contribution in [3.63, 3.8) is 0 Å². The molecule has 1 rings (SSSR count). The SMILES string of the molecule is CCC[C@H](NC(=O)[C@@H](NC(=O)[C@H](NC(=O)[C@H](CCC(N)=O)NC(=O)CNC(C)=O)[C@@H](C)CC)[C@@H](C)O)C(=O)N[C@H](C(=O)N[C@@H](CCCN=C(N)N)C(=O)N1CCC[C@H]1C(=O)N[C@H](C)C(N)=O)[C@@H](C)CC. The van der Waals surface area contributed by atoms with Gasteiger partial charge in [-0.25, -0.2) is 0 Å². The zero-order valence-corrected chi connectivity index (χ0v) is 41.7. The predicted molar refractivity (Wildman–Crippen MR) is 256 cm³/mol. The lowest BCUT2D eigenvalue weighted by Crippen LogP contribution is -2.63. The molecule has 11 atom stereocenters. The highest BCUT2D eigenvalue weighted by Gasteiger charge is 2.40. The number of nitrogens with zero attached hydrogens (tertiary/aromatic N) is 2. The number of guanidine groups is 1. The molecule has 0 unspecified atom stereocenters. The van der Waals surface area contributed by atoms with Gasteiger partial charge >= 0.3 is 0 Å². The first-order chi connectivity index (χ1) is 32.8. The summed E-state index contributed by atoms with van der Waals surface area (Å²) in [5.41, 5.74) is 21.6.